The highest BCUT2D eigenvalue weighted by Gasteiger charge is 2.17. The van der Waals surface area contributed by atoms with Crippen LogP contribution in [0.4, 0.5) is 15.8 Å². The standard InChI is InChI=1S/C13H15FN4O/c1-7-12(8(2)18(3)17-7)13(19)16-11-5-9(14)4-10(15)6-11/h4-6H,15H2,1-3H3,(H,16,19). The molecule has 1 heterocycles. The maximum absolute atomic E-state index is 13.2. The number of aryl methyl sites for hydroxylation is 2. The van der Waals surface area contributed by atoms with Crippen LogP contribution in [-0.2, 0) is 7.05 Å². The van der Waals surface area contributed by atoms with E-state index in [-0.39, 0.29) is 11.6 Å². The SMILES string of the molecule is Cc1nn(C)c(C)c1C(=O)Nc1cc(N)cc(F)c1. The van der Waals surface area contributed by atoms with E-state index >= 15 is 0 Å². The van der Waals surface area contributed by atoms with Gasteiger partial charge < -0.3 is 11.1 Å². The summed E-state index contributed by atoms with van der Waals surface area (Å²) in [6.45, 7) is 3.55. The molecule has 3 N–H and O–H groups in total. The fourth-order valence-corrected chi connectivity index (χ4v) is 1.98. The van der Waals surface area contributed by atoms with Crippen LogP contribution in [0, 0.1) is 19.7 Å². The first kappa shape index (κ1) is 13.1. The number of nitrogen functional groups attached to an aromatic ring is 1. The molecular formula is C13H15FN4O. The molecule has 0 aliphatic carbocycles. The van der Waals surface area contributed by atoms with E-state index in [1.54, 1.807) is 25.6 Å². The van der Waals surface area contributed by atoms with Gasteiger partial charge in [-0.05, 0) is 32.0 Å². The van der Waals surface area contributed by atoms with Gasteiger partial charge in [-0.15, -0.1) is 0 Å². The molecular weight excluding hydrogens is 247 g/mol. The summed E-state index contributed by atoms with van der Waals surface area (Å²) in [4.78, 5) is 12.2. The Morgan fingerprint density at radius 3 is 2.58 bits per heavy atom. The number of amides is 1. The average Bonchev–Trinajstić information content (AvgIpc) is 2.51. The minimum absolute atomic E-state index is 0.259. The first-order valence-corrected chi connectivity index (χ1v) is 5.76. The summed E-state index contributed by atoms with van der Waals surface area (Å²) < 4.78 is 14.8. The second-order valence-corrected chi connectivity index (χ2v) is 4.40. The number of rotatable bonds is 2. The zero-order chi connectivity index (χ0) is 14.2. The van der Waals surface area contributed by atoms with Crippen LogP contribution < -0.4 is 11.1 Å². The van der Waals surface area contributed by atoms with Gasteiger partial charge in [0.2, 0.25) is 0 Å². The number of halogens is 1. The summed E-state index contributed by atoms with van der Waals surface area (Å²) >= 11 is 0. The fraction of sp³-hybridized carbons (Fsp3) is 0.231. The van der Waals surface area contributed by atoms with Gasteiger partial charge in [-0.1, -0.05) is 0 Å². The van der Waals surface area contributed by atoms with Gasteiger partial charge in [-0.2, -0.15) is 5.10 Å². The van der Waals surface area contributed by atoms with Crippen molar-refractivity contribution in [3.8, 4) is 0 Å². The van der Waals surface area contributed by atoms with E-state index in [2.05, 4.69) is 10.4 Å². The van der Waals surface area contributed by atoms with Crippen molar-refractivity contribution in [2.45, 2.75) is 13.8 Å². The Hall–Kier alpha value is -2.37. The average molecular weight is 262 g/mol. The number of hydrogen-bond acceptors (Lipinski definition) is 3. The number of aromatic nitrogens is 2. The van der Waals surface area contributed by atoms with Crippen molar-refractivity contribution in [1.82, 2.24) is 9.78 Å². The monoisotopic (exact) mass is 262 g/mol. The molecule has 0 aliphatic heterocycles. The van der Waals surface area contributed by atoms with Crippen molar-refractivity contribution < 1.29 is 9.18 Å². The number of anilines is 2. The lowest BCUT2D eigenvalue weighted by atomic mass is 10.1. The van der Waals surface area contributed by atoms with Crippen molar-refractivity contribution in [2.75, 3.05) is 11.1 Å². The number of carbonyl (C=O) groups is 1. The van der Waals surface area contributed by atoms with Crippen molar-refractivity contribution >= 4 is 17.3 Å². The Balaban J connectivity index is 2.30. The molecule has 5 nitrogen and oxygen atoms in total. The second kappa shape index (κ2) is 4.72. The minimum Gasteiger partial charge on any atom is -0.399 e. The lowest BCUT2D eigenvalue weighted by molar-refractivity contribution is 0.102. The Morgan fingerprint density at radius 1 is 1.37 bits per heavy atom. The molecule has 100 valence electrons. The van der Waals surface area contributed by atoms with E-state index < -0.39 is 5.82 Å². The van der Waals surface area contributed by atoms with Crippen LogP contribution in [0.1, 0.15) is 21.7 Å². The third-order valence-electron chi connectivity index (χ3n) is 2.91. The van der Waals surface area contributed by atoms with Crippen LogP contribution in [0.3, 0.4) is 0 Å². The highest BCUT2D eigenvalue weighted by molar-refractivity contribution is 6.06. The molecule has 19 heavy (non-hydrogen) atoms. The van der Waals surface area contributed by atoms with Crippen molar-refractivity contribution in [1.29, 1.82) is 0 Å². The summed E-state index contributed by atoms with van der Waals surface area (Å²) in [7, 11) is 1.76. The molecule has 2 rings (SSSR count). The molecule has 0 saturated heterocycles. The summed E-state index contributed by atoms with van der Waals surface area (Å²) in [5, 5.41) is 6.79. The predicted octanol–water partition coefficient (Wildman–Crippen LogP) is 2.01. The Bertz CT molecular complexity index is 628. The normalized spacial score (nSPS) is 10.5. The summed E-state index contributed by atoms with van der Waals surface area (Å²) in [5.41, 5.74) is 7.98. The summed E-state index contributed by atoms with van der Waals surface area (Å²) in [6, 6.07) is 3.91. The number of hydrogen-bond donors (Lipinski definition) is 2. The highest BCUT2D eigenvalue weighted by atomic mass is 19.1. The first-order valence-electron chi connectivity index (χ1n) is 5.76. The van der Waals surface area contributed by atoms with Gasteiger partial charge in [0, 0.05) is 24.1 Å². The lowest BCUT2D eigenvalue weighted by Gasteiger charge is -2.07. The first-order chi connectivity index (χ1) is 8.88. The molecule has 0 fully saturated rings. The number of benzene rings is 1. The molecule has 0 radical (unpaired) electrons. The Labute approximate surface area is 110 Å². The molecule has 0 aliphatic rings. The van der Waals surface area contributed by atoms with Crippen LogP contribution in [0.5, 0.6) is 0 Å². The van der Waals surface area contributed by atoms with Crippen molar-refractivity contribution in [3.05, 3.63) is 41.0 Å². The summed E-state index contributed by atoms with van der Waals surface area (Å²) in [6.07, 6.45) is 0. The number of carbonyl (C=O) groups excluding carboxylic acids is 1. The molecule has 0 spiro atoms. The number of nitrogens with two attached hydrogens (primary N) is 1. The minimum atomic E-state index is -0.491. The van der Waals surface area contributed by atoms with Gasteiger partial charge in [0.25, 0.3) is 5.91 Å². The molecule has 0 atom stereocenters. The smallest absolute Gasteiger partial charge is 0.259 e. The third-order valence-corrected chi connectivity index (χ3v) is 2.91. The van der Waals surface area contributed by atoms with E-state index in [0.29, 0.717) is 16.9 Å². The molecule has 0 saturated carbocycles. The van der Waals surface area contributed by atoms with Gasteiger partial charge in [0.1, 0.15) is 5.82 Å². The molecule has 1 amide bonds. The van der Waals surface area contributed by atoms with Crippen LogP contribution in [0.2, 0.25) is 0 Å². The van der Waals surface area contributed by atoms with E-state index in [9.17, 15) is 9.18 Å². The topological polar surface area (TPSA) is 72.9 Å². The maximum atomic E-state index is 13.2. The van der Waals surface area contributed by atoms with Crippen molar-refractivity contribution in [2.24, 2.45) is 7.05 Å². The summed E-state index contributed by atoms with van der Waals surface area (Å²) in [5.74, 6) is -0.817. The van der Waals surface area contributed by atoms with Gasteiger partial charge in [0.15, 0.2) is 0 Å². The van der Waals surface area contributed by atoms with Gasteiger partial charge in [-0.3, -0.25) is 9.48 Å². The van der Waals surface area contributed by atoms with E-state index in [4.69, 9.17) is 5.73 Å². The van der Waals surface area contributed by atoms with Crippen LogP contribution in [0.25, 0.3) is 0 Å². The van der Waals surface area contributed by atoms with Gasteiger partial charge in [0.05, 0.1) is 11.3 Å². The number of nitrogens with one attached hydrogen (secondary N) is 1. The molecule has 1 aromatic heterocycles. The molecule has 2 aromatic rings. The van der Waals surface area contributed by atoms with E-state index in [1.807, 2.05) is 0 Å². The predicted molar refractivity (Wildman–Crippen MR) is 71.4 cm³/mol. The lowest BCUT2D eigenvalue weighted by Crippen LogP contribution is -2.14. The molecule has 0 unspecified atom stereocenters. The van der Waals surface area contributed by atoms with Crippen molar-refractivity contribution in [3.63, 3.8) is 0 Å². The molecule has 6 heteroatoms. The van der Waals surface area contributed by atoms with Crippen LogP contribution in [0.15, 0.2) is 18.2 Å². The van der Waals surface area contributed by atoms with Gasteiger partial charge in [-0.25, -0.2) is 4.39 Å². The van der Waals surface area contributed by atoms with Gasteiger partial charge >= 0.3 is 0 Å². The fourth-order valence-electron chi connectivity index (χ4n) is 1.98. The molecule has 0 bridgehead atoms. The highest BCUT2D eigenvalue weighted by Crippen LogP contribution is 2.18. The van der Waals surface area contributed by atoms with E-state index in [1.165, 1.54) is 18.2 Å². The number of nitrogens with zero attached hydrogens (tertiary/aromatic N) is 2. The zero-order valence-electron chi connectivity index (χ0n) is 11.0. The van der Waals surface area contributed by atoms with E-state index in [0.717, 1.165) is 5.69 Å². The van der Waals surface area contributed by atoms with Crippen LogP contribution >= 0.6 is 0 Å². The quantitative estimate of drug-likeness (QED) is 0.813. The Morgan fingerprint density at radius 2 is 2.05 bits per heavy atom. The molecule has 1 aromatic carbocycles. The largest absolute Gasteiger partial charge is 0.399 e. The maximum Gasteiger partial charge on any atom is 0.259 e. The van der Waals surface area contributed by atoms with Crippen LogP contribution in [-0.4, -0.2) is 15.7 Å². The second-order valence-electron chi connectivity index (χ2n) is 4.40. The zero-order valence-corrected chi connectivity index (χ0v) is 11.0. The Kier molecular flexibility index (Phi) is 3.25. The third kappa shape index (κ3) is 2.57.